The normalized spacial score (nSPS) is 16.4. The number of hydrogen-bond donors (Lipinski definition) is 3. The van der Waals surface area contributed by atoms with Crippen LogP contribution in [0.25, 0.3) is 0 Å². The molecule has 7 heteroatoms. The van der Waals surface area contributed by atoms with Gasteiger partial charge in [-0.2, -0.15) is 5.10 Å². The lowest BCUT2D eigenvalue weighted by molar-refractivity contribution is -0.125. The first kappa shape index (κ1) is 13.4. The van der Waals surface area contributed by atoms with E-state index in [2.05, 4.69) is 15.5 Å². The molecule has 0 unspecified atom stereocenters. The van der Waals surface area contributed by atoms with Crippen molar-refractivity contribution in [2.75, 3.05) is 25.9 Å². The molecule has 1 aromatic rings. The molecule has 0 aromatic carbocycles. The Kier molecular flexibility index (Phi) is 3.73. The number of carbonyl (C=O) groups excluding carboxylic acids is 2. The molecule has 1 aromatic heterocycles. The molecule has 0 bridgehead atoms. The van der Waals surface area contributed by atoms with Gasteiger partial charge in [0, 0.05) is 26.1 Å². The fraction of sp³-hybridized carbons (Fsp3) is 0.583. The molecule has 2 amide bonds. The summed E-state index contributed by atoms with van der Waals surface area (Å²) in [5.41, 5.74) is 7.17. The number of aromatic amines is 1. The first-order chi connectivity index (χ1) is 9.04. The van der Waals surface area contributed by atoms with Crippen LogP contribution in [0, 0.1) is 12.8 Å². The van der Waals surface area contributed by atoms with Gasteiger partial charge in [-0.15, -0.1) is 0 Å². The van der Waals surface area contributed by atoms with Crippen molar-refractivity contribution in [3.8, 4) is 0 Å². The van der Waals surface area contributed by atoms with E-state index in [9.17, 15) is 9.59 Å². The van der Waals surface area contributed by atoms with Crippen LogP contribution >= 0.6 is 0 Å². The predicted molar refractivity (Wildman–Crippen MR) is 70.4 cm³/mol. The summed E-state index contributed by atoms with van der Waals surface area (Å²) in [4.78, 5) is 25.5. The summed E-state index contributed by atoms with van der Waals surface area (Å²) in [6.45, 7) is 2.89. The largest absolute Gasteiger partial charge is 0.395 e. The number of aromatic nitrogens is 2. The highest BCUT2D eigenvalue weighted by atomic mass is 16.2. The number of likely N-dealkylation sites (tertiary alicyclic amines) is 1. The number of rotatable bonds is 2. The smallest absolute Gasteiger partial charge is 0.276 e. The van der Waals surface area contributed by atoms with Crippen molar-refractivity contribution in [1.29, 1.82) is 0 Å². The van der Waals surface area contributed by atoms with Crippen LogP contribution in [0.2, 0.25) is 0 Å². The van der Waals surface area contributed by atoms with Crippen molar-refractivity contribution in [2.45, 2.75) is 19.8 Å². The van der Waals surface area contributed by atoms with Gasteiger partial charge in [0.1, 0.15) is 0 Å². The van der Waals surface area contributed by atoms with E-state index in [4.69, 9.17) is 5.73 Å². The van der Waals surface area contributed by atoms with Crippen molar-refractivity contribution in [2.24, 2.45) is 5.92 Å². The summed E-state index contributed by atoms with van der Waals surface area (Å²) in [6, 6.07) is 0. The van der Waals surface area contributed by atoms with E-state index in [0.29, 0.717) is 37.3 Å². The minimum atomic E-state index is -0.169. The van der Waals surface area contributed by atoms with E-state index in [1.807, 2.05) is 0 Å². The van der Waals surface area contributed by atoms with Crippen LogP contribution in [-0.2, 0) is 4.79 Å². The Morgan fingerprint density at radius 3 is 2.53 bits per heavy atom. The molecule has 0 atom stereocenters. The van der Waals surface area contributed by atoms with Crippen LogP contribution < -0.4 is 11.1 Å². The second kappa shape index (κ2) is 5.29. The maximum Gasteiger partial charge on any atom is 0.276 e. The molecular weight excluding hydrogens is 246 g/mol. The zero-order valence-corrected chi connectivity index (χ0v) is 11.2. The molecule has 1 aliphatic heterocycles. The monoisotopic (exact) mass is 265 g/mol. The number of nitrogens with one attached hydrogen (secondary N) is 2. The molecule has 104 valence electrons. The van der Waals surface area contributed by atoms with Crippen LogP contribution in [-0.4, -0.2) is 47.0 Å². The molecule has 7 nitrogen and oxygen atoms in total. The van der Waals surface area contributed by atoms with Gasteiger partial charge in [0.15, 0.2) is 5.69 Å². The maximum absolute atomic E-state index is 12.2. The molecular formula is C12H19N5O2. The van der Waals surface area contributed by atoms with Gasteiger partial charge in [-0.25, -0.2) is 0 Å². The molecule has 1 aliphatic rings. The first-order valence-corrected chi connectivity index (χ1v) is 6.36. The first-order valence-electron chi connectivity index (χ1n) is 6.36. The average molecular weight is 265 g/mol. The quantitative estimate of drug-likeness (QED) is 0.694. The Hall–Kier alpha value is -2.05. The third kappa shape index (κ3) is 2.54. The topological polar surface area (TPSA) is 104 Å². The molecule has 0 spiro atoms. The highest BCUT2D eigenvalue weighted by molar-refractivity contribution is 5.97. The Morgan fingerprint density at radius 1 is 1.42 bits per heavy atom. The second-order valence-electron chi connectivity index (χ2n) is 4.79. The molecule has 0 saturated carbocycles. The molecule has 0 aliphatic carbocycles. The lowest BCUT2D eigenvalue weighted by Gasteiger charge is -2.30. The lowest BCUT2D eigenvalue weighted by atomic mass is 9.96. The van der Waals surface area contributed by atoms with E-state index < -0.39 is 0 Å². The summed E-state index contributed by atoms with van der Waals surface area (Å²) in [7, 11) is 1.63. The van der Waals surface area contributed by atoms with E-state index >= 15 is 0 Å². The zero-order valence-electron chi connectivity index (χ0n) is 11.2. The minimum absolute atomic E-state index is 0.00711. The van der Waals surface area contributed by atoms with Crippen LogP contribution in [0.5, 0.6) is 0 Å². The number of carbonyl (C=O) groups is 2. The number of amides is 2. The van der Waals surface area contributed by atoms with Gasteiger partial charge in [0.25, 0.3) is 5.91 Å². The van der Waals surface area contributed by atoms with Gasteiger partial charge in [-0.05, 0) is 19.8 Å². The van der Waals surface area contributed by atoms with Crippen molar-refractivity contribution in [3.05, 3.63) is 11.4 Å². The highest BCUT2D eigenvalue weighted by Crippen LogP contribution is 2.21. The number of nitrogen functional groups attached to an aromatic ring is 1. The van der Waals surface area contributed by atoms with Gasteiger partial charge in [-0.1, -0.05) is 0 Å². The number of nitrogens with two attached hydrogens (primary N) is 1. The SMILES string of the molecule is CNC(=O)C1CCN(C(=O)c2n[nH]c(C)c2N)CC1. The molecule has 0 radical (unpaired) electrons. The molecule has 2 rings (SSSR count). The van der Waals surface area contributed by atoms with Gasteiger partial charge in [-0.3, -0.25) is 14.7 Å². The Morgan fingerprint density at radius 2 is 2.05 bits per heavy atom. The number of anilines is 1. The third-order valence-electron chi connectivity index (χ3n) is 3.60. The van der Waals surface area contributed by atoms with E-state index in [0.717, 1.165) is 0 Å². The van der Waals surface area contributed by atoms with Gasteiger partial charge in [0.05, 0.1) is 11.4 Å². The van der Waals surface area contributed by atoms with Crippen molar-refractivity contribution in [3.63, 3.8) is 0 Å². The Labute approximate surface area is 111 Å². The lowest BCUT2D eigenvalue weighted by Crippen LogP contribution is -2.42. The number of H-pyrrole nitrogens is 1. The van der Waals surface area contributed by atoms with Crippen LogP contribution in [0.3, 0.4) is 0 Å². The van der Waals surface area contributed by atoms with Gasteiger partial charge >= 0.3 is 0 Å². The fourth-order valence-electron chi connectivity index (χ4n) is 2.30. The highest BCUT2D eigenvalue weighted by Gasteiger charge is 2.29. The Balaban J connectivity index is 2.00. The van der Waals surface area contributed by atoms with Gasteiger partial charge < -0.3 is 16.0 Å². The van der Waals surface area contributed by atoms with Crippen LogP contribution in [0.1, 0.15) is 29.0 Å². The molecule has 2 heterocycles. The molecule has 1 saturated heterocycles. The second-order valence-corrected chi connectivity index (χ2v) is 4.79. The summed E-state index contributed by atoms with van der Waals surface area (Å²) < 4.78 is 0. The van der Waals surface area contributed by atoms with E-state index in [1.54, 1.807) is 18.9 Å². The standard InChI is InChI=1S/C12H19N5O2/c1-7-9(13)10(16-15-7)12(19)17-5-3-8(4-6-17)11(18)14-2/h8H,3-6,13H2,1-2H3,(H,14,18)(H,15,16). The fourth-order valence-corrected chi connectivity index (χ4v) is 2.30. The maximum atomic E-state index is 12.2. The van der Waals surface area contributed by atoms with E-state index in [-0.39, 0.29) is 23.4 Å². The molecule has 4 N–H and O–H groups in total. The average Bonchev–Trinajstić information content (AvgIpc) is 2.77. The number of piperidine rings is 1. The minimum Gasteiger partial charge on any atom is -0.395 e. The van der Waals surface area contributed by atoms with Crippen molar-refractivity contribution in [1.82, 2.24) is 20.4 Å². The number of aryl methyl sites for hydroxylation is 1. The summed E-state index contributed by atoms with van der Waals surface area (Å²) in [5.74, 6) is -0.133. The van der Waals surface area contributed by atoms with Gasteiger partial charge in [0.2, 0.25) is 5.91 Å². The third-order valence-corrected chi connectivity index (χ3v) is 3.60. The van der Waals surface area contributed by atoms with Crippen molar-refractivity contribution >= 4 is 17.5 Å². The van der Waals surface area contributed by atoms with E-state index in [1.165, 1.54) is 0 Å². The zero-order chi connectivity index (χ0) is 14.0. The molecule has 19 heavy (non-hydrogen) atoms. The van der Waals surface area contributed by atoms with Crippen molar-refractivity contribution < 1.29 is 9.59 Å². The number of hydrogen-bond acceptors (Lipinski definition) is 4. The van der Waals surface area contributed by atoms with Crippen LogP contribution in [0.15, 0.2) is 0 Å². The Bertz CT molecular complexity index is 488. The molecule has 1 fully saturated rings. The van der Waals surface area contributed by atoms with Crippen LogP contribution in [0.4, 0.5) is 5.69 Å². The predicted octanol–water partition coefficient (Wildman–Crippen LogP) is -0.101. The summed E-state index contributed by atoms with van der Waals surface area (Å²) in [5, 5.41) is 9.29. The summed E-state index contributed by atoms with van der Waals surface area (Å²) in [6.07, 6.45) is 1.35. The summed E-state index contributed by atoms with van der Waals surface area (Å²) >= 11 is 0. The number of nitrogens with zero attached hydrogens (tertiary/aromatic N) is 2.